The van der Waals surface area contributed by atoms with Crippen LogP contribution in [0.4, 0.5) is 5.82 Å². The zero-order valence-corrected chi connectivity index (χ0v) is 9.37. The molecule has 1 aromatic rings. The van der Waals surface area contributed by atoms with E-state index in [0.29, 0.717) is 18.4 Å². The van der Waals surface area contributed by atoms with Crippen molar-refractivity contribution in [2.24, 2.45) is 0 Å². The Morgan fingerprint density at radius 3 is 2.73 bits per heavy atom. The van der Waals surface area contributed by atoms with E-state index in [1.807, 2.05) is 26.8 Å². The lowest BCUT2D eigenvalue weighted by atomic mass is 10.3. The van der Waals surface area contributed by atoms with E-state index in [9.17, 15) is 4.79 Å². The molecule has 0 saturated carbocycles. The second-order valence-electron chi connectivity index (χ2n) is 3.80. The van der Waals surface area contributed by atoms with E-state index in [1.165, 1.54) is 0 Å². The van der Waals surface area contributed by atoms with Gasteiger partial charge in [-0.15, -0.1) is 0 Å². The van der Waals surface area contributed by atoms with Gasteiger partial charge in [-0.2, -0.15) is 0 Å². The van der Waals surface area contributed by atoms with Crippen molar-refractivity contribution in [3.05, 3.63) is 23.9 Å². The van der Waals surface area contributed by atoms with E-state index in [4.69, 9.17) is 0 Å². The van der Waals surface area contributed by atoms with Crippen molar-refractivity contribution in [1.82, 2.24) is 10.3 Å². The van der Waals surface area contributed by atoms with Crippen LogP contribution in [-0.4, -0.2) is 23.5 Å². The molecule has 1 rings (SSSR count). The highest BCUT2D eigenvalue weighted by molar-refractivity contribution is 5.91. The van der Waals surface area contributed by atoms with Gasteiger partial charge in [-0.1, -0.05) is 19.9 Å². The summed E-state index contributed by atoms with van der Waals surface area (Å²) in [4.78, 5) is 15.5. The Bertz CT molecular complexity index is 319. The minimum absolute atomic E-state index is 0.0694. The highest BCUT2D eigenvalue weighted by Gasteiger charge is 2.03. The van der Waals surface area contributed by atoms with Gasteiger partial charge in [0.1, 0.15) is 5.82 Å². The predicted molar refractivity (Wildman–Crippen MR) is 60.7 cm³/mol. The van der Waals surface area contributed by atoms with Crippen LogP contribution in [0, 0.1) is 6.92 Å². The summed E-state index contributed by atoms with van der Waals surface area (Å²) < 4.78 is 0. The summed E-state index contributed by atoms with van der Waals surface area (Å²) >= 11 is 0. The Morgan fingerprint density at radius 1 is 1.47 bits per heavy atom. The van der Waals surface area contributed by atoms with Crippen LogP contribution < -0.4 is 10.6 Å². The molecule has 0 saturated heterocycles. The quantitative estimate of drug-likeness (QED) is 0.783. The number of aromatic nitrogens is 1. The van der Waals surface area contributed by atoms with Crippen molar-refractivity contribution in [3.63, 3.8) is 0 Å². The van der Waals surface area contributed by atoms with Gasteiger partial charge in [0.2, 0.25) is 5.91 Å². The van der Waals surface area contributed by atoms with E-state index >= 15 is 0 Å². The summed E-state index contributed by atoms with van der Waals surface area (Å²) in [6, 6.07) is 4.02. The third-order valence-electron chi connectivity index (χ3n) is 1.85. The molecule has 1 amide bonds. The van der Waals surface area contributed by atoms with Crippen molar-refractivity contribution in [1.29, 1.82) is 0 Å². The highest BCUT2D eigenvalue weighted by Crippen LogP contribution is 2.02. The Hall–Kier alpha value is -1.42. The Kier molecular flexibility index (Phi) is 4.24. The molecule has 0 aliphatic heterocycles. The van der Waals surface area contributed by atoms with Gasteiger partial charge >= 0.3 is 0 Å². The third kappa shape index (κ3) is 4.56. The maximum Gasteiger partial charge on any atom is 0.239 e. The van der Waals surface area contributed by atoms with Crippen LogP contribution in [0.25, 0.3) is 0 Å². The van der Waals surface area contributed by atoms with Gasteiger partial charge in [-0.25, -0.2) is 4.98 Å². The van der Waals surface area contributed by atoms with Crippen molar-refractivity contribution in [2.75, 3.05) is 11.9 Å². The summed E-state index contributed by atoms with van der Waals surface area (Å²) in [7, 11) is 0. The third-order valence-corrected chi connectivity index (χ3v) is 1.85. The second kappa shape index (κ2) is 5.46. The van der Waals surface area contributed by atoms with Gasteiger partial charge in [0.25, 0.3) is 0 Å². The average molecular weight is 207 g/mol. The first-order chi connectivity index (χ1) is 7.08. The second-order valence-corrected chi connectivity index (χ2v) is 3.80. The van der Waals surface area contributed by atoms with E-state index in [1.54, 1.807) is 12.3 Å². The molecule has 0 atom stereocenters. The smallest absolute Gasteiger partial charge is 0.239 e. The number of nitrogens with one attached hydrogen (secondary N) is 2. The molecule has 0 radical (unpaired) electrons. The topological polar surface area (TPSA) is 54.0 Å². The molecule has 0 aliphatic carbocycles. The minimum Gasteiger partial charge on any atom is -0.310 e. The number of carbonyl (C=O) groups is 1. The molecule has 4 nitrogen and oxygen atoms in total. The number of amides is 1. The van der Waals surface area contributed by atoms with Crippen molar-refractivity contribution < 1.29 is 4.79 Å². The fourth-order valence-corrected chi connectivity index (χ4v) is 1.03. The molecular formula is C11H17N3O. The molecule has 0 bridgehead atoms. The van der Waals surface area contributed by atoms with Gasteiger partial charge in [0, 0.05) is 12.2 Å². The molecule has 15 heavy (non-hydrogen) atoms. The lowest BCUT2D eigenvalue weighted by Crippen LogP contribution is -2.32. The van der Waals surface area contributed by atoms with E-state index in [0.717, 1.165) is 5.56 Å². The molecule has 1 heterocycles. The van der Waals surface area contributed by atoms with Crippen molar-refractivity contribution >= 4 is 11.7 Å². The fraction of sp³-hybridized carbons (Fsp3) is 0.455. The Labute approximate surface area is 90.1 Å². The van der Waals surface area contributed by atoms with Crippen LogP contribution in [0.3, 0.4) is 0 Å². The monoisotopic (exact) mass is 207 g/mol. The first-order valence-corrected chi connectivity index (χ1v) is 5.04. The number of anilines is 1. The van der Waals surface area contributed by atoms with E-state index in [2.05, 4.69) is 15.6 Å². The average Bonchev–Trinajstić information content (AvgIpc) is 2.19. The lowest BCUT2D eigenvalue weighted by molar-refractivity contribution is -0.115. The molecule has 0 aliphatic rings. The zero-order chi connectivity index (χ0) is 11.3. The minimum atomic E-state index is -0.0694. The molecule has 82 valence electrons. The molecule has 0 aromatic carbocycles. The van der Waals surface area contributed by atoms with Crippen LogP contribution in [-0.2, 0) is 4.79 Å². The Morgan fingerprint density at radius 2 is 2.20 bits per heavy atom. The number of aryl methyl sites for hydroxylation is 1. The number of pyridine rings is 1. The van der Waals surface area contributed by atoms with Gasteiger partial charge in [0.05, 0.1) is 6.54 Å². The molecule has 0 fully saturated rings. The summed E-state index contributed by atoms with van der Waals surface area (Å²) in [5, 5.41) is 5.75. The number of carbonyl (C=O) groups excluding carboxylic acids is 1. The number of hydrogen-bond acceptors (Lipinski definition) is 3. The zero-order valence-electron chi connectivity index (χ0n) is 9.37. The van der Waals surface area contributed by atoms with Crippen LogP contribution in [0.15, 0.2) is 18.3 Å². The largest absolute Gasteiger partial charge is 0.310 e. The molecule has 0 unspecified atom stereocenters. The number of nitrogens with zero attached hydrogens (tertiary/aromatic N) is 1. The maximum absolute atomic E-state index is 11.4. The van der Waals surface area contributed by atoms with Gasteiger partial charge in [-0.05, 0) is 18.6 Å². The SMILES string of the molecule is Cc1ccc(NC(=O)CNC(C)C)nc1. The van der Waals surface area contributed by atoms with Crippen LogP contribution in [0.2, 0.25) is 0 Å². The van der Waals surface area contributed by atoms with E-state index in [-0.39, 0.29) is 5.91 Å². The van der Waals surface area contributed by atoms with Crippen molar-refractivity contribution in [3.8, 4) is 0 Å². The lowest BCUT2D eigenvalue weighted by Gasteiger charge is -2.08. The van der Waals surface area contributed by atoms with Gasteiger partial charge in [-0.3, -0.25) is 4.79 Å². The predicted octanol–water partition coefficient (Wildman–Crippen LogP) is 1.33. The van der Waals surface area contributed by atoms with Crippen LogP contribution in [0.5, 0.6) is 0 Å². The summed E-state index contributed by atoms with van der Waals surface area (Å²) in [5.74, 6) is 0.524. The van der Waals surface area contributed by atoms with Crippen molar-refractivity contribution in [2.45, 2.75) is 26.8 Å². The van der Waals surface area contributed by atoms with Gasteiger partial charge < -0.3 is 10.6 Å². The molecule has 2 N–H and O–H groups in total. The molecule has 0 spiro atoms. The molecule has 4 heteroatoms. The molecular weight excluding hydrogens is 190 g/mol. The summed E-state index contributed by atoms with van der Waals surface area (Å²) in [5.41, 5.74) is 1.08. The Balaban J connectivity index is 2.41. The number of hydrogen-bond donors (Lipinski definition) is 2. The highest BCUT2D eigenvalue weighted by atomic mass is 16.1. The molecule has 1 aromatic heterocycles. The summed E-state index contributed by atoms with van der Waals surface area (Å²) in [6.07, 6.45) is 1.73. The van der Waals surface area contributed by atoms with E-state index < -0.39 is 0 Å². The standard InChI is InChI=1S/C11H17N3O/c1-8(2)12-7-11(15)14-10-5-4-9(3)6-13-10/h4-6,8,12H,7H2,1-3H3,(H,13,14,15). The fourth-order valence-electron chi connectivity index (χ4n) is 1.03. The first kappa shape index (κ1) is 11.7. The van der Waals surface area contributed by atoms with Gasteiger partial charge in [0.15, 0.2) is 0 Å². The summed E-state index contributed by atoms with van der Waals surface area (Å²) in [6.45, 7) is 6.26. The maximum atomic E-state index is 11.4. The van der Waals surface area contributed by atoms with Crippen LogP contribution >= 0.6 is 0 Å². The first-order valence-electron chi connectivity index (χ1n) is 5.04. The van der Waals surface area contributed by atoms with Crippen LogP contribution in [0.1, 0.15) is 19.4 Å². The normalized spacial score (nSPS) is 10.4. The number of rotatable bonds is 4.